The van der Waals surface area contributed by atoms with Gasteiger partial charge in [-0.3, -0.25) is 9.69 Å². The maximum atomic E-state index is 15.0. The zero-order valence-corrected chi connectivity index (χ0v) is 22.9. The summed E-state index contributed by atoms with van der Waals surface area (Å²) in [6.45, 7) is 1.65. The Hall–Kier alpha value is -3.61. The Balaban J connectivity index is 1.66. The van der Waals surface area contributed by atoms with E-state index in [4.69, 9.17) is 16.3 Å². The van der Waals surface area contributed by atoms with Gasteiger partial charge in [0.15, 0.2) is 5.78 Å². The molecule has 0 aliphatic carbocycles. The number of hydrogen-bond donors (Lipinski definition) is 0. The number of ether oxygens (including phenoxy) is 1. The zero-order chi connectivity index (χ0) is 28.6. The lowest BCUT2D eigenvalue weighted by Gasteiger charge is -2.42. The minimum atomic E-state index is -4.77. The van der Waals surface area contributed by atoms with Gasteiger partial charge in [0, 0.05) is 24.6 Å². The van der Waals surface area contributed by atoms with E-state index in [-0.39, 0.29) is 43.4 Å². The molecule has 0 saturated heterocycles. The van der Waals surface area contributed by atoms with E-state index in [1.54, 1.807) is 42.5 Å². The second-order valence-electron chi connectivity index (χ2n) is 9.59. The van der Waals surface area contributed by atoms with Gasteiger partial charge in [0.05, 0.1) is 6.61 Å². The average molecular weight is 566 g/mol. The highest BCUT2D eigenvalue weighted by Crippen LogP contribution is 2.48. The van der Waals surface area contributed by atoms with Gasteiger partial charge in [-0.15, -0.1) is 0 Å². The normalized spacial score (nSPS) is 13.3. The van der Waals surface area contributed by atoms with Crippen LogP contribution in [-0.2, 0) is 5.00 Å². The molecule has 0 aromatic heterocycles. The van der Waals surface area contributed by atoms with Crippen LogP contribution in [0.3, 0.4) is 0 Å². The summed E-state index contributed by atoms with van der Waals surface area (Å²) >= 11 is 6.70. The molecular weight excluding hydrogens is 535 g/mol. The van der Waals surface area contributed by atoms with Crippen molar-refractivity contribution in [1.82, 2.24) is 4.90 Å². The number of carbonyl (C=O) groups excluding carboxylic acids is 1. The maximum absolute atomic E-state index is 15.0. The second-order valence-corrected chi connectivity index (χ2v) is 10.1. The van der Waals surface area contributed by atoms with Crippen LogP contribution in [0.4, 0.5) is 13.2 Å². The predicted octanol–water partition coefficient (Wildman–Crippen LogP) is 8.45. The first kappa shape index (κ1) is 29.4. The first-order valence-corrected chi connectivity index (χ1v) is 13.5. The minimum absolute atomic E-state index is 0.0144. The molecule has 0 aliphatic heterocycles. The van der Waals surface area contributed by atoms with Gasteiger partial charge >= 0.3 is 6.18 Å². The van der Waals surface area contributed by atoms with Gasteiger partial charge in [0.2, 0.25) is 5.00 Å². The summed E-state index contributed by atoms with van der Waals surface area (Å²) in [5.41, 5.74) is 2.25. The molecule has 0 aliphatic rings. The lowest BCUT2D eigenvalue weighted by Crippen LogP contribution is -2.54. The number of Topliss-reactive ketones (excluding diaryl/α,β-unsaturated/α-hetero) is 1. The van der Waals surface area contributed by atoms with Gasteiger partial charge in [-0.25, -0.2) is 0 Å². The molecule has 0 spiro atoms. The molecule has 1 unspecified atom stereocenters. The van der Waals surface area contributed by atoms with E-state index in [0.29, 0.717) is 11.3 Å². The third-order valence-corrected chi connectivity index (χ3v) is 7.53. The fraction of sp³-hybridized carbons (Fsp3) is 0.242. The number of alkyl halides is 4. The number of ketones is 1. The van der Waals surface area contributed by atoms with Crippen molar-refractivity contribution in [2.75, 3.05) is 19.7 Å². The first-order valence-electron chi connectivity index (χ1n) is 13.1. The Morgan fingerprint density at radius 1 is 0.825 bits per heavy atom. The van der Waals surface area contributed by atoms with Crippen molar-refractivity contribution < 1.29 is 22.7 Å². The molecule has 7 heteroatoms. The van der Waals surface area contributed by atoms with Crippen molar-refractivity contribution in [3.63, 3.8) is 0 Å². The summed E-state index contributed by atoms with van der Waals surface area (Å²) in [5.74, 6) is 0.0333. The predicted molar refractivity (Wildman–Crippen MR) is 153 cm³/mol. The van der Waals surface area contributed by atoms with Gasteiger partial charge in [-0.05, 0) is 42.2 Å². The lowest BCUT2D eigenvalue weighted by atomic mass is 9.89. The zero-order valence-electron chi connectivity index (χ0n) is 22.2. The molecule has 1 atom stereocenters. The monoisotopic (exact) mass is 565 g/mol. The van der Waals surface area contributed by atoms with Crippen molar-refractivity contribution in [3.8, 4) is 5.75 Å². The molecule has 0 fully saturated rings. The van der Waals surface area contributed by atoms with E-state index in [9.17, 15) is 18.0 Å². The quantitative estimate of drug-likeness (QED) is 0.0747. The molecular formula is C33H31ClF3NO2. The lowest BCUT2D eigenvalue weighted by molar-refractivity contribution is -0.206. The van der Waals surface area contributed by atoms with E-state index in [1.165, 1.54) is 24.0 Å². The topological polar surface area (TPSA) is 29.5 Å². The molecule has 0 N–H and O–H groups in total. The van der Waals surface area contributed by atoms with Crippen LogP contribution < -0.4 is 4.74 Å². The molecule has 208 valence electrons. The van der Waals surface area contributed by atoms with E-state index >= 15 is 0 Å². The molecule has 0 saturated carbocycles. The number of nitrogens with zero attached hydrogens (tertiary/aromatic N) is 1. The summed E-state index contributed by atoms with van der Waals surface area (Å²) in [7, 11) is 0. The Morgan fingerprint density at radius 2 is 1.38 bits per heavy atom. The minimum Gasteiger partial charge on any atom is -0.494 e. The van der Waals surface area contributed by atoms with Gasteiger partial charge in [0.25, 0.3) is 0 Å². The Kier molecular flexibility index (Phi) is 9.67. The van der Waals surface area contributed by atoms with Crippen LogP contribution in [0.1, 0.15) is 46.3 Å². The van der Waals surface area contributed by atoms with Crippen LogP contribution in [0.25, 0.3) is 0 Å². The van der Waals surface area contributed by atoms with E-state index in [2.05, 4.69) is 0 Å². The third-order valence-electron chi connectivity index (χ3n) is 6.86. The molecule has 40 heavy (non-hydrogen) atoms. The largest absolute Gasteiger partial charge is 0.494 e. The second kappa shape index (κ2) is 13.2. The average Bonchev–Trinajstić information content (AvgIpc) is 2.97. The third kappa shape index (κ3) is 6.93. The van der Waals surface area contributed by atoms with Gasteiger partial charge in [-0.2, -0.15) is 13.2 Å². The highest BCUT2D eigenvalue weighted by molar-refractivity contribution is 6.24. The Morgan fingerprint density at radius 3 is 1.90 bits per heavy atom. The fourth-order valence-electron chi connectivity index (χ4n) is 4.80. The number of hydrogen-bond acceptors (Lipinski definition) is 3. The van der Waals surface area contributed by atoms with Gasteiger partial charge in [0.1, 0.15) is 5.75 Å². The van der Waals surface area contributed by atoms with Gasteiger partial charge < -0.3 is 4.74 Å². The number of rotatable bonds is 12. The summed E-state index contributed by atoms with van der Waals surface area (Å²) in [4.78, 5) is 10.3. The van der Waals surface area contributed by atoms with Crippen LogP contribution in [0.2, 0.25) is 0 Å². The molecule has 4 rings (SSSR count). The first-order chi connectivity index (χ1) is 19.2. The van der Waals surface area contributed by atoms with Crippen LogP contribution >= 0.6 is 11.6 Å². The summed E-state index contributed by atoms with van der Waals surface area (Å²) in [5, 5.41) is 0. The van der Waals surface area contributed by atoms with Crippen molar-refractivity contribution in [2.45, 2.75) is 30.4 Å². The van der Waals surface area contributed by atoms with E-state index in [0.717, 1.165) is 11.1 Å². The SMILES string of the molecule is CC(=O)c1cccc(OCCCN(CC(c2ccccc2)c2ccccc2)C(Cl)(c2ccccc2)C(F)(F)F)c1. The van der Waals surface area contributed by atoms with Gasteiger partial charge in [-0.1, -0.05) is 115 Å². The van der Waals surface area contributed by atoms with Crippen LogP contribution in [0.5, 0.6) is 5.75 Å². The number of carbonyl (C=O) groups is 1. The molecule has 4 aromatic carbocycles. The summed E-state index contributed by atoms with van der Waals surface area (Å²) < 4.78 is 50.7. The molecule has 0 bridgehead atoms. The summed E-state index contributed by atoms with van der Waals surface area (Å²) in [6.07, 6.45) is -4.50. The standard InChI is InChI=1S/C33H31ClF3NO2/c1-25(39)28-17-11-20-30(23-28)40-22-12-21-38(32(34,33(35,36)37)29-18-9-4-10-19-29)24-31(26-13-5-2-6-14-26)27-15-7-3-8-16-27/h2-11,13-20,23,31H,12,21-22,24H2,1H3. The Labute approximate surface area is 238 Å². The van der Waals surface area contributed by atoms with Crippen molar-refractivity contribution in [1.29, 1.82) is 0 Å². The van der Waals surface area contributed by atoms with Crippen molar-refractivity contribution >= 4 is 17.4 Å². The summed E-state index contributed by atoms with van der Waals surface area (Å²) in [6, 6.07) is 33.4. The smallest absolute Gasteiger partial charge is 0.425 e. The highest BCUT2D eigenvalue weighted by atomic mass is 35.5. The number of halogens is 4. The van der Waals surface area contributed by atoms with Crippen LogP contribution in [0, 0.1) is 0 Å². The van der Waals surface area contributed by atoms with Crippen LogP contribution in [-0.4, -0.2) is 36.6 Å². The van der Waals surface area contributed by atoms with E-state index in [1.807, 2.05) is 60.7 Å². The Bertz CT molecular complexity index is 1330. The molecule has 3 nitrogen and oxygen atoms in total. The molecule has 0 heterocycles. The molecule has 0 radical (unpaired) electrons. The number of benzene rings is 4. The fourth-order valence-corrected chi connectivity index (χ4v) is 5.08. The van der Waals surface area contributed by atoms with E-state index < -0.39 is 11.2 Å². The molecule has 0 amide bonds. The maximum Gasteiger partial charge on any atom is 0.425 e. The molecule has 4 aromatic rings. The van der Waals surface area contributed by atoms with Crippen molar-refractivity contribution in [2.24, 2.45) is 0 Å². The van der Waals surface area contributed by atoms with Crippen LogP contribution in [0.15, 0.2) is 115 Å². The van der Waals surface area contributed by atoms with Crippen molar-refractivity contribution in [3.05, 3.63) is 138 Å². The highest BCUT2D eigenvalue weighted by Gasteiger charge is 2.59.